The van der Waals surface area contributed by atoms with Crippen LogP contribution in [-0.2, 0) is 5.67 Å². The minimum atomic E-state index is -1.55. The van der Waals surface area contributed by atoms with Crippen LogP contribution in [0.15, 0.2) is 28.9 Å². The van der Waals surface area contributed by atoms with E-state index in [-0.39, 0.29) is 11.1 Å². The van der Waals surface area contributed by atoms with Crippen molar-refractivity contribution in [3.8, 4) is 0 Å². The highest BCUT2D eigenvalue weighted by Crippen LogP contribution is 2.34. The van der Waals surface area contributed by atoms with E-state index in [9.17, 15) is 9.18 Å². The smallest absolute Gasteiger partial charge is 0.339 e. The van der Waals surface area contributed by atoms with Crippen LogP contribution < -0.4 is 0 Å². The number of para-hydroxylation sites is 1. The highest BCUT2D eigenvalue weighted by Gasteiger charge is 2.25. The molecule has 0 aliphatic heterocycles. The zero-order valence-electron chi connectivity index (χ0n) is 8.95. The predicted molar refractivity (Wildman–Crippen MR) is 57.3 cm³/mol. The molecular formula is C12H11FO3. The molecule has 2 rings (SSSR count). The number of carboxylic acids is 1. The highest BCUT2D eigenvalue weighted by atomic mass is 19.1. The number of halogens is 1. The van der Waals surface area contributed by atoms with Crippen molar-refractivity contribution in [2.24, 2.45) is 0 Å². The summed E-state index contributed by atoms with van der Waals surface area (Å²) in [4.78, 5) is 10.9. The van der Waals surface area contributed by atoms with Crippen LogP contribution in [-0.4, -0.2) is 11.1 Å². The average Bonchev–Trinajstić information content (AvgIpc) is 2.59. The topological polar surface area (TPSA) is 50.4 Å². The number of aromatic carboxylic acids is 1. The highest BCUT2D eigenvalue weighted by molar-refractivity contribution is 6.02. The standard InChI is InChI=1S/C12H11FO3/c1-12(2,13)9-6-16-10-7(9)4-3-5-8(10)11(14)15/h3-6H,1-2H3,(H,14,15). The van der Waals surface area contributed by atoms with Gasteiger partial charge in [0, 0.05) is 10.9 Å². The van der Waals surface area contributed by atoms with E-state index in [1.54, 1.807) is 12.1 Å². The van der Waals surface area contributed by atoms with Crippen LogP contribution in [0, 0.1) is 0 Å². The second-order valence-corrected chi connectivity index (χ2v) is 4.11. The lowest BCUT2D eigenvalue weighted by atomic mass is 9.98. The minimum Gasteiger partial charge on any atom is -0.478 e. The lowest BCUT2D eigenvalue weighted by Gasteiger charge is -2.11. The molecule has 0 spiro atoms. The van der Waals surface area contributed by atoms with Crippen LogP contribution in [0.5, 0.6) is 0 Å². The Hall–Kier alpha value is -1.84. The predicted octanol–water partition coefficient (Wildman–Crippen LogP) is 3.34. The Morgan fingerprint density at radius 3 is 2.69 bits per heavy atom. The Labute approximate surface area is 91.5 Å². The second-order valence-electron chi connectivity index (χ2n) is 4.11. The number of rotatable bonds is 2. The van der Waals surface area contributed by atoms with E-state index >= 15 is 0 Å². The van der Waals surface area contributed by atoms with Crippen molar-refractivity contribution in [2.75, 3.05) is 0 Å². The summed E-state index contributed by atoms with van der Waals surface area (Å²) in [6.07, 6.45) is 1.27. The van der Waals surface area contributed by atoms with E-state index in [1.807, 2.05) is 0 Å². The van der Waals surface area contributed by atoms with Gasteiger partial charge in [0.1, 0.15) is 16.8 Å². The van der Waals surface area contributed by atoms with Crippen LogP contribution in [0.25, 0.3) is 11.0 Å². The minimum absolute atomic E-state index is 0.0491. The summed E-state index contributed by atoms with van der Waals surface area (Å²) in [6, 6.07) is 4.67. The first-order chi connectivity index (χ1) is 7.41. The van der Waals surface area contributed by atoms with Crippen molar-refractivity contribution < 1.29 is 18.7 Å². The van der Waals surface area contributed by atoms with Gasteiger partial charge in [-0.1, -0.05) is 12.1 Å². The molecule has 1 N–H and O–H groups in total. The lowest BCUT2D eigenvalue weighted by Crippen LogP contribution is -2.07. The number of carbonyl (C=O) groups is 1. The van der Waals surface area contributed by atoms with Gasteiger partial charge in [0.05, 0.1) is 6.26 Å². The quantitative estimate of drug-likeness (QED) is 0.847. The molecule has 84 valence electrons. The molecule has 0 radical (unpaired) electrons. The van der Waals surface area contributed by atoms with Crippen molar-refractivity contribution in [2.45, 2.75) is 19.5 Å². The summed E-state index contributed by atoms with van der Waals surface area (Å²) in [6.45, 7) is 2.81. The summed E-state index contributed by atoms with van der Waals surface area (Å²) >= 11 is 0. The first-order valence-electron chi connectivity index (χ1n) is 4.84. The third kappa shape index (κ3) is 1.56. The monoisotopic (exact) mass is 222 g/mol. The fraction of sp³-hybridized carbons (Fsp3) is 0.250. The third-order valence-electron chi connectivity index (χ3n) is 2.47. The normalized spacial score (nSPS) is 11.9. The van der Waals surface area contributed by atoms with Gasteiger partial charge in [-0.3, -0.25) is 0 Å². The van der Waals surface area contributed by atoms with Gasteiger partial charge in [-0.25, -0.2) is 9.18 Å². The fourth-order valence-electron chi connectivity index (χ4n) is 1.69. The number of furan rings is 1. The average molecular weight is 222 g/mol. The van der Waals surface area contributed by atoms with Crippen LogP contribution in [0.2, 0.25) is 0 Å². The zero-order valence-corrected chi connectivity index (χ0v) is 8.95. The van der Waals surface area contributed by atoms with Crippen molar-refractivity contribution in [1.29, 1.82) is 0 Å². The molecule has 1 aromatic carbocycles. The summed E-state index contributed by atoms with van der Waals surface area (Å²) in [7, 11) is 0. The summed E-state index contributed by atoms with van der Waals surface area (Å²) in [5, 5.41) is 9.45. The van der Waals surface area contributed by atoms with Gasteiger partial charge in [-0.15, -0.1) is 0 Å². The van der Waals surface area contributed by atoms with Gasteiger partial charge < -0.3 is 9.52 Å². The van der Waals surface area contributed by atoms with E-state index in [0.29, 0.717) is 10.9 Å². The number of hydrogen-bond donors (Lipinski definition) is 1. The molecule has 0 aliphatic carbocycles. The third-order valence-corrected chi connectivity index (χ3v) is 2.47. The summed E-state index contributed by atoms with van der Waals surface area (Å²) in [5.74, 6) is -1.08. The van der Waals surface area contributed by atoms with Crippen LogP contribution in [0.4, 0.5) is 4.39 Å². The van der Waals surface area contributed by atoms with Gasteiger partial charge in [0.15, 0.2) is 0 Å². The SMILES string of the molecule is CC(C)(F)c1coc2c(C(=O)O)cccc12. The molecule has 0 saturated heterocycles. The van der Waals surface area contributed by atoms with Crippen molar-refractivity contribution in [1.82, 2.24) is 0 Å². The van der Waals surface area contributed by atoms with Gasteiger partial charge in [0.25, 0.3) is 0 Å². The molecule has 2 aromatic rings. The van der Waals surface area contributed by atoms with E-state index in [1.165, 1.54) is 26.2 Å². The first kappa shape index (κ1) is 10.7. The van der Waals surface area contributed by atoms with E-state index in [0.717, 1.165) is 0 Å². The Kier molecular flexibility index (Phi) is 2.22. The Bertz CT molecular complexity index is 549. The van der Waals surface area contributed by atoms with Gasteiger partial charge in [0.2, 0.25) is 0 Å². The van der Waals surface area contributed by atoms with Gasteiger partial charge in [-0.05, 0) is 19.9 Å². The van der Waals surface area contributed by atoms with Crippen molar-refractivity contribution in [3.63, 3.8) is 0 Å². The zero-order chi connectivity index (χ0) is 11.9. The fourth-order valence-corrected chi connectivity index (χ4v) is 1.69. The van der Waals surface area contributed by atoms with Crippen LogP contribution >= 0.6 is 0 Å². The molecule has 0 fully saturated rings. The molecule has 1 heterocycles. The Morgan fingerprint density at radius 1 is 1.44 bits per heavy atom. The van der Waals surface area contributed by atoms with Crippen LogP contribution in [0.1, 0.15) is 29.8 Å². The number of benzene rings is 1. The van der Waals surface area contributed by atoms with Gasteiger partial charge >= 0.3 is 5.97 Å². The first-order valence-corrected chi connectivity index (χ1v) is 4.84. The molecule has 0 aliphatic rings. The second kappa shape index (κ2) is 3.33. The van der Waals surface area contributed by atoms with Crippen LogP contribution in [0.3, 0.4) is 0 Å². The number of alkyl halides is 1. The Balaban J connectivity index is 2.76. The number of carboxylic acid groups (broad SMARTS) is 1. The molecule has 0 bridgehead atoms. The van der Waals surface area contributed by atoms with Crippen molar-refractivity contribution >= 4 is 16.9 Å². The summed E-state index contributed by atoms with van der Waals surface area (Å²) < 4.78 is 19.0. The lowest BCUT2D eigenvalue weighted by molar-refractivity contribution is 0.0698. The maximum Gasteiger partial charge on any atom is 0.339 e. The molecule has 1 aromatic heterocycles. The molecule has 16 heavy (non-hydrogen) atoms. The van der Waals surface area contributed by atoms with E-state index < -0.39 is 11.6 Å². The number of fused-ring (bicyclic) bond motifs is 1. The molecule has 0 amide bonds. The maximum atomic E-state index is 13.8. The maximum absolute atomic E-state index is 13.8. The molecule has 4 heteroatoms. The van der Waals surface area contributed by atoms with E-state index in [4.69, 9.17) is 9.52 Å². The molecule has 0 atom stereocenters. The molecule has 3 nitrogen and oxygen atoms in total. The molecular weight excluding hydrogens is 211 g/mol. The van der Waals surface area contributed by atoms with Crippen molar-refractivity contribution in [3.05, 3.63) is 35.6 Å². The Morgan fingerprint density at radius 2 is 2.12 bits per heavy atom. The molecule has 0 unspecified atom stereocenters. The molecule has 0 saturated carbocycles. The van der Waals surface area contributed by atoms with E-state index in [2.05, 4.69) is 0 Å². The number of hydrogen-bond acceptors (Lipinski definition) is 2. The largest absolute Gasteiger partial charge is 0.478 e. The summed E-state index contributed by atoms with van der Waals surface area (Å²) in [5.41, 5.74) is -0.920. The van der Waals surface area contributed by atoms with Gasteiger partial charge in [-0.2, -0.15) is 0 Å².